The van der Waals surface area contributed by atoms with E-state index < -0.39 is 81.9 Å². The quantitative estimate of drug-likeness (QED) is 0.00613. The minimum absolute atomic E-state index is 0. The van der Waals surface area contributed by atoms with Crippen LogP contribution in [0.2, 0.25) is 0 Å². The number of Topliss-reactive ketones (excluding diaryl/α,β-unsaturated/α-hetero) is 5. The summed E-state index contributed by atoms with van der Waals surface area (Å²) in [7, 11) is 9.87. The summed E-state index contributed by atoms with van der Waals surface area (Å²) >= 11 is -0.826. The molecule has 0 aliphatic heterocycles. The number of ether oxygens (including phenoxy) is 5. The van der Waals surface area contributed by atoms with Crippen molar-refractivity contribution < 1.29 is 130 Å². The number of non-ortho nitro benzene ring substituents is 3. The second-order valence-corrected chi connectivity index (χ2v) is 38.6. The Morgan fingerprint density at radius 3 is 1.00 bits per heavy atom. The molecule has 6 aromatic carbocycles. The van der Waals surface area contributed by atoms with Crippen molar-refractivity contribution in [2.75, 3.05) is 63.0 Å². The molecular formula is C97H139Cl2N11O32Sn. The van der Waals surface area contributed by atoms with E-state index in [0.29, 0.717) is 80.2 Å². The van der Waals surface area contributed by atoms with E-state index in [0.717, 1.165) is 88.0 Å². The normalized spacial score (nSPS) is 10.1. The number of unbranched alkanes of at least 4 members (excludes halogenated alkanes) is 5. The molecule has 6 rings (SSSR count). The van der Waals surface area contributed by atoms with Crippen LogP contribution in [-0.4, -0.2) is 167 Å². The number of nitrogens with one attached hydrogen (secondary N) is 2. The van der Waals surface area contributed by atoms with E-state index in [9.17, 15) is 88.9 Å². The van der Waals surface area contributed by atoms with Crippen molar-refractivity contribution in [2.45, 2.75) is 241 Å². The number of nitro groups is 5. The topological polar surface area (TPSA) is 692 Å². The number of halogens is 2. The van der Waals surface area contributed by atoms with Gasteiger partial charge in [0, 0.05) is 85.9 Å². The molecule has 46 heteroatoms. The number of amides is 3. The van der Waals surface area contributed by atoms with Crippen LogP contribution in [0.15, 0.2) is 121 Å². The van der Waals surface area contributed by atoms with Crippen molar-refractivity contribution >= 4 is 154 Å². The van der Waals surface area contributed by atoms with Gasteiger partial charge in [0.2, 0.25) is 12.3 Å². The first kappa shape index (κ1) is 142. The van der Waals surface area contributed by atoms with Gasteiger partial charge >= 0.3 is 61.3 Å². The van der Waals surface area contributed by atoms with Gasteiger partial charge in [0.1, 0.15) is 96.3 Å². The maximum atomic E-state index is 12.2. The SMILES string of the molecule is CCCCC(=O)C(C)(C)COc1cccc(N)c1C.CCCCC(=O)C(C)(C)COc1cccc(N)c1C(N)=O.CCCCC(=O)C(C)(C)COc1cccc([N+](=O)[O-])c1.CCCCC(=O)C(C)(C)COc1cccc([N+](=O)[O-])c1C.CCCCC(=O)C(C)(C)COc1cccc([N+](=O)[O-])c1NC=O.CCCNC(=O)C(C)(C)CO.N.O=C=O.O=C=O.O=C=O.O=C=O.O=[N+]([O-])c1cccc([N+](=O)[O-])c1.[Cl][Sn][Cl]. The van der Waals surface area contributed by atoms with Crippen LogP contribution in [0.1, 0.15) is 249 Å². The zero-order valence-electron chi connectivity index (χ0n) is 84.9. The predicted molar refractivity (Wildman–Crippen MR) is 534 cm³/mol. The zero-order chi connectivity index (χ0) is 111. The average molecular weight is 2160 g/mol. The Morgan fingerprint density at radius 1 is 0.406 bits per heavy atom. The van der Waals surface area contributed by atoms with Crippen LogP contribution < -0.4 is 57.7 Å². The number of nitrogens with zero attached hydrogens (tertiary/aromatic N) is 5. The monoisotopic (exact) mass is 2160 g/mol. The summed E-state index contributed by atoms with van der Waals surface area (Å²) in [5.74, 6) is 2.20. The second kappa shape index (κ2) is 79.1. The third kappa shape index (κ3) is 61.7. The third-order valence-corrected chi connectivity index (χ3v) is 19.8. The van der Waals surface area contributed by atoms with E-state index in [1.807, 2.05) is 115 Å². The first-order valence-corrected chi connectivity index (χ1v) is 51.6. The molecule has 0 aliphatic carbocycles. The summed E-state index contributed by atoms with van der Waals surface area (Å²) < 4.78 is 28.2. The number of carbonyl (C=O) groups excluding carboxylic acids is 16. The summed E-state index contributed by atoms with van der Waals surface area (Å²) in [4.78, 5) is 209. The molecule has 0 saturated heterocycles. The number of primary amides is 1. The second-order valence-electron chi connectivity index (χ2n) is 34.4. The van der Waals surface area contributed by atoms with Crippen LogP contribution in [0.4, 0.5) is 45.5 Å². The van der Waals surface area contributed by atoms with Gasteiger partial charge in [-0.15, -0.1) is 0 Å². The van der Waals surface area contributed by atoms with Crippen LogP contribution in [0.3, 0.4) is 0 Å². The van der Waals surface area contributed by atoms with Crippen molar-refractivity contribution in [1.29, 1.82) is 0 Å². The molecule has 0 fully saturated rings. The van der Waals surface area contributed by atoms with Crippen molar-refractivity contribution in [1.82, 2.24) is 11.5 Å². The number of hydrogen-bond acceptors (Lipinski definition) is 35. The van der Waals surface area contributed by atoms with Crippen molar-refractivity contribution in [3.8, 4) is 28.7 Å². The number of nitrogens with two attached hydrogens (primary N) is 3. The van der Waals surface area contributed by atoms with Gasteiger partial charge in [-0.25, -0.2) is 0 Å². The number of para-hydroxylation sites is 1. The molecule has 0 bridgehead atoms. The van der Waals surface area contributed by atoms with Crippen LogP contribution >= 0.6 is 17.8 Å². The molecule has 6 aromatic rings. The molecule has 143 heavy (non-hydrogen) atoms. The van der Waals surface area contributed by atoms with E-state index in [2.05, 4.69) is 17.6 Å². The minimum atomic E-state index is -0.826. The summed E-state index contributed by atoms with van der Waals surface area (Å²) in [6, 6.07) is 30.1. The van der Waals surface area contributed by atoms with Gasteiger partial charge in [-0.2, -0.15) is 38.4 Å². The number of ketones is 5. The molecule has 12 N–H and O–H groups in total. The van der Waals surface area contributed by atoms with E-state index in [-0.39, 0.29) is 150 Å². The Morgan fingerprint density at radius 2 is 0.685 bits per heavy atom. The van der Waals surface area contributed by atoms with Crippen LogP contribution in [0.25, 0.3) is 0 Å². The number of carbonyl (C=O) groups is 8. The number of nitro benzene ring substituents is 5. The number of rotatable bonds is 47. The zero-order valence-corrected chi connectivity index (χ0v) is 89.3. The molecule has 0 aliphatic rings. The van der Waals surface area contributed by atoms with Crippen LogP contribution in [0.5, 0.6) is 28.7 Å². The van der Waals surface area contributed by atoms with Gasteiger partial charge in [0.05, 0.1) is 81.4 Å². The van der Waals surface area contributed by atoms with E-state index >= 15 is 0 Å². The Kier molecular flexibility index (Phi) is 78.8. The standard InChI is InChI=1S/C16H22N2O5.C16H24N2O3.C16H23NO4.C16H25NO2.C15H21NO4.C8H17NO2.C6H4N2O4.4CO2.2ClH.H3N.Sn/c1-4-5-9-14(20)16(2,3)10-23-13-8-6-7-12(18(21)22)15(13)17-11-19;1-4-5-9-13(19)16(2,3)10-21-12-8-6-7-11(17)14(12)15(18)20;1-5-6-10-15(18)16(3,4)11-21-14-9-7-8-13(12(14)2)17(19)20;1-5-6-10-15(18)16(3,4)11-19-14-9-7-8-13(17)12(14)2;1-4-5-9-14(17)15(2,3)11-20-13-8-6-7-12(10-13)16(18)19;1-4-5-9-7(11)8(2,3)6-10;9-7(10)5-2-1-3-6(4-5)8(11)12;4*2-1-3;;;;/h6-8,11H,4-5,9-10H2,1-3H3,(H,17,19);6-8H,4-5,9-10,17H2,1-3H3,(H2,18,20);7-9H,5-6,10-11H2,1-4H3;7-9H,5-6,10-11,17H2,1-4H3;6-8,10H,4-5,9,11H2,1-3H3;10H,4-6H2,1-3H3,(H,9,11);1-4H;;;;;2*1H;1H3;/q;;;;;;;;;;;;;;+2/p-2. The molecular weight excluding hydrogens is 2020 g/mol. The van der Waals surface area contributed by atoms with E-state index in [4.69, 9.17) is 102 Å². The van der Waals surface area contributed by atoms with Crippen molar-refractivity contribution in [3.05, 3.63) is 189 Å². The number of aliphatic hydroxyl groups excluding tert-OH is 1. The average Bonchev–Trinajstić information content (AvgIpc) is 0.828. The summed E-state index contributed by atoms with van der Waals surface area (Å²) in [6.45, 7) is 39.3. The van der Waals surface area contributed by atoms with Gasteiger partial charge in [0.15, 0.2) is 5.69 Å². The molecule has 0 saturated carbocycles. The predicted octanol–water partition coefficient (Wildman–Crippen LogP) is 18.3. The molecule has 0 unspecified atom stereocenters. The van der Waals surface area contributed by atoms with E-state index in [1.165, 1.54) is 54.6 Å². The van der Waals surface area contributed by atoms with Crippen LogP contribution in [0, 0.1) is 96.9 Å². The van der Waals surface area contributed by atoms with Crippen LogP contribution in [-0.2, 0) is 71.9 Å². The molecule has 43 nitrogen and oxygen atoms in total. The van der Waals surface area contributed by atoms with Gasteiger partial charge in [-0.3, -0.25) is 88.9 Å². The number of anilines is 3. The maximum absolute atomic E-state index is 12.2. The Hall–Kier alpha value is -13.5. The first-order chi connectivity index (χ1) is 66.4. The van der Waals surface area contributed by atoms with Gasteiger partial charge < -0.3 is 62.8 Å². The number of hydrogen-bond donors (Lipinski definition) is 7. The number of aliphatic hydroxyl groups is 1. The third-order valence-electron chi connectivity index (χ3n) is 19.8. The fourth-order valence-electron chi connectivity index (χ4n) is 10.7. The fraction of sp³-hybridized carbons (Fsp3) is 0.505. The Bertz CT molecular complexity index is 4990. The Balaban J connectivity index is -0.000000297. The van der Waals surface area contributed by atoms with Crippen molar-refractivity contribution in [2.24, 2.45) is 38.2 Å². The first-order valence-electron chi connectivity index (χ1n) is 44.4. The summed E-state index contributed by atoms with van der Waals surface area (Å²) in [5, 5.41) is 66.7. The Labute approximate surface area is 850 Å². The summed E-state index contributed by atoms with van der Waals surface area (Å²) in [5.41, 5.74) is 15.1. The van der Waals surface area contributed by atoms with Crippen molar-refractivity contribution in [3.63, 3.8) is 0 Å². The molecule has 0 aromatic heterocycles. The van der Waals surface area contributed by atoms with Gasteiger partial charge in [0.25, 0.3) is 34.3 Å². The number of nitrogen functional groups attached to an aromatic ring is 2. The summed E-state index contributed by atoms with van der Waals surface area (Å²) in [6.07, 6.45) is 14.3. The number of benzene rings is 6. The molecule has 2 radical (unpaired) electrons. The molecule has 0 heterocycles. The molecule has 792 valence electrons. The van der Waals surface area contributed by atoms with Gasteiger partial charge in [-0.1, -0.05) is 104 Å². The molecule has 0 spiro atoms. The molecule has 3 amide bonds. The van der Waals surface area contributed by atoms with E-state index in [1.54, 1.807) is 77.1 Å². The fourth-order valence-corrected chi connectivity index (χ4v) is 10.7. The molecule has 0 atom stereocenters. The van der Waals surface area contributed by atoms with Gasteiger partial charge in [-0.05, 0) is 184 Å².